The second kappa shape index (κ2) is 3.09. The number of rotatable bonds is 2. The SMILES string of the molecule is CC1(C)C(C(=O)O)C1c1ccc2nc[nH]c2c1. The molecule has 3 rings (SSSR count). The Bertz CT molecular complexity index is 600. The van der Waals surface area contributed by atoms with E-state index in [9.17, 15) is 9.90 Å². The fourth-order valence-corrected chi connectivity index (χ4v) is 2.87. The lowest BCUT2D eigenvalue weighted by atomic mass is 10.0. The van der Waals surface area contributed by atoms with Crippen molar-refractivity contribution in [3.05, 3.63) is 30.1 Å². The summed E-state index contributed by atoms with van der Waals surface area (Å²) in [7, 11) is 0. The van der Waals surface area contributed by atoms with Gasteiger partial charge in [-0.15, -0.1) is 0 Å². The smallest absolute Gasteiger partial charge is 0.307 e. The van der Waals surface area contributed by atoms with Crippen LogP contribution in [0.4, 0.5) is 0 Å². The van der Waals surface area contributed by atoms with Gasteiger partial charge < -0.3 is 10.1 Å². The molecule has 17 heavy (non-hydrogen) atoms. The van der Waals surface area contributed by atoms with Gasteiger partial charge in [0.2, 0.25) is 0 Å². The second-order valence-electron chi connectivity index (χ2n) is 5.29. The van der Waals surface area contributed by atoms with Gasteiger partial charge in [0.15, 0.2) is 0 Å². The summed E-state index contributed by atoms with van der Waals surface area (Å²) >= 11 is 0. The van der Waals surface area contributed by atoms with Gasteiger partial charge in [0.05, 0.1) is 23.3 Å². The van der Waals surface area contributed by atoms with Crippen LogP contribution in [0.2, 0.25) is 0 Å². The van der Waals surface area contributed by atoms with E-state index in [0.29, 0.717) is 0 Å². The lowest BCUT2D eigenvalue weighted by Crippen LogP contribution is -2.03. The zero-order valence-corrected chi connectivity index (χ0v) is 9.77. The molecule has 1 saturated carbocycles. The maximum absolute atomic E-state index is 11.2. The monoisotopic (exact) mass is 230 g/mol. The summed E-state index contributed by atoms with van der Waals surface area (Å²) in [6.45, 7) is 4.02. The Morgan fingerprint density at radius 2 is 2.24 bits per heavy atom. The Kier molecular flexibility index (Phi) is 1.88. The van der Waals surface area contributed by atoms with Gasteiger partial charge in [-0.1, -0.05) is 19.9 Å². The molecule has 1 aromatic heterocycles. The van der Waals surface area contributed by atoms with Crippen LogP contribution in [0, 0.1) is 11.3 Å². The number of nitrogens with zero attached hydrogens (tertiary/aromatic N) is 1. The van der Waals surface area contributed by atoms with E-state index in [4.69, 9.17) is 0 Å². The Morgan fingerprint density at radius 1 is 1.47 bits per heavy atom. The number of aliphatic carboxylic acids is 1. The zero-order chi connectivity index (χ0) is 12.2. The first kappa shape index (κ1) is 10.3. The van der Waals surface area contributed by atoms with Gasteiger partial charge in [-0.2, -0.15) is 0 Å². The minimum absolute atomic E-state index is 0.104. The predicted octanol–water partition coefficient (Wildman–Crippen LogP) is 2.39. The second-order valence-corrected chi connectivity index (χ2v) is 5.29. The van der Waals surface area contributed by atoms with E-state index in [1.54, 1.807) is 6.33 Å². The number of nitrogens with one attached hydrogen (secondary N) is 1. The summed E-state index contributed by atoms with van der Waals surface area (Å²) in [6, 6.07) is 5.94. The topological polar surface area (TPSA) is 66.0 Å². The molecule has 1 fully saturated rings. The van der Waals surface area contributed by atoms with Crippen LogP contribution in [-0.4, -0.2) is 21.0 Å². The van der Waals surface area contributed by atoms with Gasteiger partial charge in [-0.05, 0) is 23.1 Å². The van der Waals surface area contributed by atoms with E-state index in [1.807, 2.05) is 32.0 Å². The van der Waals surface area contributed by atoms with Crippen molar-refractivity contribution in [2.24, 2.45) is 11.3 Å². The minimum Gasteiger partial charge on any atom is -0.481 e. The van der Waals surface area contributed by atoms with Crippen molar-refractivity contribution < 1.29 is 9.90 Å². The molecule has 1 heterocycles. The molecule has 2 atom stereocenters. The van der Waals surface area contributed by atoms with Crippen LogP contribution in [0.1, 0.15) is 25.3 Å². The van der Waals surface area contributed by atoms with Crippen molar-refractivity contribution in [3.63, 3.8) is 0 Å². The fraction of sp³-hybridized carbons (Fsp3) is 0.385. The highest BCUT2D eigenvalue weighted by Gasteiger charge is 2.62. The summed E-state index contributed by atoms with van der Waals surface area (Å²) < 4.78 is 0. The average Bonchev–Trinajstić information content (AvgIpc) is 2.66. The molecule has 88 valence electrons. The van der Waals surface area contributed by atoms with Crippen molar-refractivity contribution in [2.75, 3.05) is 0 Å². The number of aromatic amines is 1. The maximum atomic E-state index is 11.2. The van der Waals surface area contributed by atoms with Gasteiger partial charge in [0, 0.05) is 5.92 Å². The molecule has 4 nitrogen and oxygen atoms in total. The minimum atomic E-state index is -0.704. The van der Waals surface area contributed by atoms with E-state index >= 15 is 0 Å². The van der Waals surface area contributed by atoms with E-state index in [2.05, 4.69) is 9.97 Å². The first-order chi connectivity index (χ1) is 8.01. The lowest BCUT2D eigenvalue weighted by Gasteiger charge is -2.02. The Labute approximate surface area is 98.7 Å². The molecule has 0 saturated heterocycles. The molecule has 2 N–H and O–H groups in total. The number of carboxylic acid groups (broad SMARTS) is 1. The predicted molar refractivity (Wildman–Crippen MR) is 63.7 cm³/mol. The number of carbonyl (C=O) groups is 1. The third-order valence-corrected chi connectivity index (χ3v) is 3.90. The third-order valence-electron chi connectivity index (χ3n) is 3.90. The number of carboxylic acids is 1. The van der Waals surface area contributed by atoms with Crippen molar-refractivity contribution in [1.29, 1.82) is 0 Å². The standard InChI is InChI=1S/C13H14N2O2/c1-13(2)10(11(13)12(16)17)7-3-4-8-9(5-7)15-6-14-8/h3-6,10-11H,1-2H3,(H,14,15)(H,16,17). The average molecular weight is 230 g/mol. The first-order valence-electron chi connectivity index (χ1n) is 5.67. The van der Waals surface area contributed by atoms with Crippen molar-refractivity contribution >= 4 is 17.0 Å². The largest absolute Gasteiger partial charge is 0.481 e. The molecule has 1 aliphatic rings. The number of hydrogen-bond acceptors (Lipinski definition) is 2. The molecule has 4 heteroatoms. The van der Waals surface area contributed by atoms with Gasteiger partial charge in [0.1, 0.15) is 0 Å². The van der Waals surface area contributed by atoms with Crippen LogP contribution in [0.3, 0.4) is 0 Å². The molecular formula is C13H14N2O2. The summed E-state index contributed by atoms with van der Waals surface area (Å²) in [5.74, 6) is -0.875. The molecule has 2 unspecified atom stereocenters. The first-order valence-corrected chi connectivity index (χ1v) is 5.67. The van der Waals surface area contributed by atoms with Gasteiger partial charge in [0.25, 0.3) is 0 Å². The van der Waals surface area contributed by atoms with Crippen LogP contribution >= 0.6 is 0 Å². The number of H-pyrrole nitrogens is 1. The van der Waals surface area contributed by atoms with Crippen molar-refractivity contribution in [2.45, 2.75) is 19.8 Å². The maximum Gasteiger partial charge on any atom is 0.307 e. The Balaban J connectivity index is 2.02. The van der Waals surface area contributed by atoms with Crippen LogP contribution in [0.15, 0.2) is 24.5 Å². The third kappa shape index (κ3) is 1.37. The van der Waals surface area contributed by atoms with E-state index in [1.165, 1.54) is 0 Å². The van der Waals surface area contributed by atoms with Gasteiger partial charge in [-0.25, -0.2) is 4.98 Å². The van der Waals surface area contributed by atoms with Crippen LogP contribution in [0.25, 0.3) is 11.0 Å². The molecule has 1 aliphatic carbocycles. The van der Waals surface area contributed by atoms with Crippen LogP contribution in [0.5, 0.6) is 0 Å². The number of benzene rings is 1. The number of fused-ring (bicyclic) bond motifs is 1. The van der Waals surface area contributed by atoms with Gasteiger partial charge >= 0.3 is 5.97 Å². The molecule has 1 aromatic carbocycles. The molecule has 0 amide bonds. The molecule has 0 radical (unpaired) electrons. The van der Waals surface area contributed by atoms with Crippen LogP contribution in [-0.2, 0) is 4.79 Å². The molecule has 2 aromatic rings. The summed E-state index contributed by atoms with van der Waals surface area (Å²) in [5, 5.41) is 9.17. The number of imidazole rings is 1. The van der Waals surface area contributed by atoms with Crippen LogP contribution < -0.4 is 0 Å². The van der Waals surface area contributed by atoms with Crippen molar-refractivity contribution in [3.8, 4) is 0 Å². The summed E-state index contributed by atoms with van der Waals surface area (Å²) in [6.07, 6.45) is 1.65. The normalized spacial score (nSPS) is 26.0. The zero-order valence-electron chi connectivity index (χ0n) is 9.77. The molecule has 0 spiro atoms. The van der Waals surface area contributed by atoms with E-state index in [-0.39, 0.29) is 17.3 Å². The quantitative estimate of drug-likeness (QED) is 0.832. The Hall–Kier alpha value is -1.84. The highest BCUT2D eigenvalue weighted by Crippen LogP contribution is 2.64. The van der Waals surface area contributed by atoms with E-state index < -0.39 is 5.97 Å². The van der Waals surface area contributed by atoms with Crippen molar-refractivity contribution in [1.82, 2.24) is 9.97 Å². The lowest BCUT2D eigenvalue weighted by molar-refractivity contribution is -0.139. The number of aromatic nitrogens is 2. The number of hydrogen-bond donors (Lipinski definition) is 2. The summed E-state index contributed by atoms with van der Waals surface area (Å²) in [5.41, 5.74) is 2.81. The summed E-state index contributed by atoms with van der Waals surface area (Å²) in [4.78, 5) is 18.4. The fourth-order valence-electron chi connectivity index (χ4n) is 2.87. The van der Waals surface area contributed by atoms with E-state index in [0.717, 1.165) is 16.6 Å². The highest BCUT2D eigenvalue weighted by molar-refractivity contribution is 5.80. The molecular weight excluding hydrogens is 216 g/mol. The highest BCUT2D eigenvalue weighted by atomic mass is 16.4. The molecule has 0 bridgehead atoms. The molecule has 0 aliphatic heterocycles. The van der Waals surface area contributed by atoms with Gasteiger partial charge in [-0.3, -0.25) is 4.79 Å². The Morgan fingerprint density at radius 3 is 2.88 bits per heavy atom.